The molecule has 2 aromatic rings. The molecule has 11 heteroatoms. The molecule has 1 aromatic carbocycles. The van der Waals surface area contributed by atoms with E-state index in [0.29, 0.717) is 31.7 Å². The van der Waals surface area contributed by atoms with E-state index in [2.05, 4.69) is 5.10 Å². The van der Waals surface area contributed by atoms with Gasteiger partial charge in [-0.2, -0.15) is 23.0 Å². The maximum atomic E-state index is 13.3. The smallest absolute Gasteiger partial charge is 0.363 e. The molecule has 2 N–H and O–H groups in total. The Kier molecular flexibility index (Phi) is 6.00. The number of benzene rings is 1. The second kappa shape index (κ2) is 8.33. The molecule has 2 aliphatic rings. The van der Waals surface area contributed by atoms with E-state index < -0.39 is 18.0 Å². The highest BCUT2D eigenvalue weighted by Gasteiger charge is 2.46. The number of rotatable bonds is 3. The van der Waals surface area contributed by atoms with Gasteiger partial charge in [-0.1, -0.05) is 11.6 Å². The van der Waals surface area contributed by atoms with Crippen molar-refractivity contribution in [3.05, 3.63) is 51.8 Å². The monoisotopic (exact) mass is 472 g/mol. The van der Waals surface area contributed by atoms with Crippen LogP contribution < -0.4 is 0 Å². The van der Waals surface area contributed by atoms with Crippen molar-refractivity contribution in [2.24, 2.45) is 5.41 Å². The van der Waals surface area contributed by atoms with E-state index in [1.807, 2.05) is 4.90 Å². The van der Waals surface area contributed by atoms with Crippen molar-refractivity contribution < 1.29 is 28.2 Å². The lowest BCUT2D eigenvalue weighted by Crippen LogP contribution is -2.60. The van der Waals surface area contributed by atoms with Crippen molar-refractivity contribution in [3.8, 4) is 0 Å². The van der Waals surface area contributed by atoms with E-state index in [1.165, 1.54) is 18.3 Å². The number of carbonyl (C=O) groups is 1. The molecule has 0 bridgehead atoms. The second-order valence-electron chi connectivity index (χ2n) is 8.73. The zero-order chi connectivity index (χ0) is 23.3. The van der Waals surface area contributed by atoms with Crippen molar-refractivity contribution in [3.63, 3.8) is 0 Å². The molecular weight excluding hydrogens is 449 g/mol. The van der Waals surface area contributed by atoms with Crippen molar-refractivity contribution in [2.45, 2.75) is 38.8 Å². The maximum absolute atomic E-state index is 13.3. The van der Waals surface area contributed by atoms with Crippen LogP contribution in [0.4, 0.5) is 18.0 Å². The molecule has 0 saturated carbocycles. The van der Waals surface area contributed by atoms with E-state index in [0.717, 1.165) is 23.6 Å². The number of carbonyl (C=O) groups excluding carboxylic acids is 1. The number of piperidine rings is 1. The van der Waals surface area contributed by atoms with E-state index in [1.54, 1.807) is 11.8 Å². The zero-order valence-electron chi connectivity index (χ0n) is 17.4. The number of aryl methyl sites for hydroxylation is 1. The highest BCUT2D eigenvalue weighted by molar-refractivity contribution is 6.30. The molecule has 0 atom stereocenters. The van der Waals surface area contributed by atoms with Crippen molar-refractivity contribution in [1.29, 1.82) is 0 Å². The number of aliphatic hydroxyl groups excluding tert-OH is 1. The zero-order valence-corrected chi connectivity index (χ0v) is 18.2. The van der Waals surface area contributed by atoms with Gasteiger partial charge in [-0.3, -0.25) is 4.90 Å². The molecule has 2 fully saturated rings. The molecule has 1 amide bonds. The molecule has 0 aliphatic carbocycles. The number of aliphatic hydroxyl groups is 2. The molecule has 2 aliphatic heterocycles. The van der Waals surface area contributed by atoms with Gasteiger partial charge in [0.1, 0.15) is 5.69 Å². The van der Waals surface area contributed by atoms with Gasteiger partial charge in [0.25, 0.3) is 0 Å². The van der Waals surface area contributed by atoms with E-state index in [4.69, 9.17) is 11.6 Å². The molecule has 4 rings (SSSR count). The lowest BCUT2D eigenvalue weighted by Gasteiger charge is -2.54. The van der Waals surface area contributed by atoms with Crippen LogP contribution in [0.5, 0.6) is 0 Å². The van der Waals surface area contributed by atoms with E-state index in [-0.39, 0.29) is 34.3 Å². The fraction of sp³-hybridized carbons (Fsp3) is 0.524. The van der Waals surface area contributed by atoms with Gasteiger partial charge >= 0.3 is 12.2 Å². The SMILES string of the molecule is Cc1cn(C(=O)N2CCC3(CC2)CN(Cc2cc(Cl)ccc2C(F)(F)F)C3)nc1C(O)O. The normalized spacial score (nSPS) is 18.9. The van der Waals surface area contributed by atoms with Crippen LogP contribution in [0.3, 0.4) is 0 Å². The maximum Gasteiger partial charge on any atom is 0.416 e. The summed E-state index contributed by atoms with van der Waals surface area (Å²) < 4.78 is 41.0. The minimum atomic E-state index is -4.43. The first kappa shape index (κ1) is 23.0. The Bertz CT molecular complexity index is 1010. The number of likely N-dealkylation sites (tertiary alicyclic amines) is 2. The summed E-state index contributed by atoms with van der Waals surface area (Å²) in [5, 5.41) is 22.9. The van der Waals surface area contributed by atoms with Crippen LogP contribution in [0, 0.1) is 12.3 Å². The fourth-order valence-corrected chi connectivity index (χ4v) is 4.88. The Morgan fingerprint density at radius 2 is 1.91 bits per heavy atom. The number of alkyl halides is 3. The largest absolute Gasteiger partial charge is 0.416 e. The van der Waals surface area contributed by atoms with Crippen LogP contribution >= 0.6 is 11.6 Å². The Hall–Kier alpha value is -2.14. The summed E-state index contributed by atoms with van der Waals surface area (Å²) in [6.07, 6.45) is -3.22. The second-order valence-corrected chi connectivity index (χ2v) is 9.17. The molecule has 7 nitrogen and oxygen atoms in total. The lowest BCUT2D eigenvalue weighted by molar-refractivity contribution is -0.139. The highest BCUT2D eigenvalue weighted by atomic mass is 35.5. The third kappa shape index (κ3) is 4.50. The third-order valence-corrected chi connectivity index (χ3v) is 6.59. The fourth-order valence-electron chi connectivity index (χ4n) is 4.68. The Labute approximate surface area is 188 Å². The number of aromatic nitrogens is 2. The summed E-state index contributed by atoms with van der Waals surface area (Å²) in [5.41, 5.74) is 0.0465. The van der Waals surface area contributed by atoms with Gasteiger partial charge in [-0.05, 0) is 54.5 Å². The van der Waals surface area contributed by atoms with Crippen molar-refractivity contribution in [1.82, 2.24) is 19.6 Å². The summed E-state index contributed by atoms with van der Waals surface area (Å²) in [5.74, 6) is 0. The number of nitrogens with zero attached hydrogens (tertiary/aromatic N) is 4. The van der Waals surface area contributed by atoms with Crippen LogP contribution in [0.2, 0.25) is 5.02 Å². The average molecular weight is 473 g/mol. The molecule has 3 heterocycles. The van der Waals surface area contributed by atoms with Gasteiger partial charge < -0.3 is 15.1 Å². The van der Waals surface area contributed by atoms with Gasteiger partial charge in [0.15, 0.2) is 6.29 Å². The molecule has 1 spiro atoms. The third-order valence-electron chi connectivity index (χ3n) is 6.36. The number of hydrogen-bond acceptors (Lipinski definition) is 5. The lowest BCUT2D eigenvalue weighted by atomic mass is 9.72. The van der Waals surface area contributed by atoms with Crippen LogP contribution in [0.25, 0.3) is 0 Å². The molecule has 0 unspecified atom stereocenters. The van der Waals surface area contributed by atoms with Crippen molar-refractivity contribution >= 4 is 17.6 Å². The summed E-state index contributed by atoms with van der Waals surface area (Å²) in [4.78, 5) is 16.3. The van der Waals surface area contributed by atoms with Crippen molar-refractivity contribution in [2.75, 3.05) is 26.2 Å². The number of hydrogen-bond donors (Lipinski definition) is 2. The number of halogens is 4. The van der Waals surface area contributed by atoms with Crippen LogP contribution in [-0.2, 0) is 12.7 Å². The molecule has 32 heavy (non-hydrogen) atoms. The van der Waals surface area contributed by atoms with Crippen LogP contribution in [0.15, 0.2) is 24.4 Å². The van der Waals surface area contributed by atoms with Gasteiger partial charge in [-0.25, -0.2) is 4.79 Å². The highest BCUT2D eigenvalue weighted by Crippen LogP contribution is 2.42. The van der Waals surface area contributed by atoms with E-state index >= 15 is 0 Å². The molecule has 0 radical (unpaired) electrons. The average Bonchev–Trinajstić information content (AvgIpc) is 3.08. The molecular formula is C21H24ClF3N4O3. The van der Waals surface area contributed by atoms with Crippen LogP contribution in [-0.4, -0.2) is 62.0 Å². The Balaban J connectivity index is 1.34. The number of amides is 1. The minimum Gasteiger partial charge on any atom is -0.363 e. The molecule has 174 valence electrons. The standard InChI is InChI=1S/C21H24ClF3N4O3/c1-13-9-29(26-17(13)18(30)31)19(32)28-6-4-20(5-7-28)11-27(12-20)10-14-8-15(22)2-3-16(14)21(23,24)25/h2-3,8-9,18,30-31H,4-7,10-12H2,1H3. The topological polar surface area (TPSA) is 81.8 Å². The minimum absolute atomic E-state index is 0.0137. The summed E-state index contributed by atoms with van der Waals surface area (Å²) in [7, 11) is 0. The Morgan fingerprint density at radius 1 is 1.25 bits per heavy atom. The van der Waals surface area contributed by atoms with Gasteiger partial charge in [0.05, 0.1) is 5.56 Å². The van der Waals surface area contributed by atoms with E-state index in [9.17, 15) is 28.2 Å². The summed E-state index contributed by atoms with van der Waals surface area (Å²) in [6, 6.07) is 3.32. The molecule has 2 saturated heterocycles. The quantitative estimate of drug-likeness (QED) is 0.669. The predicted molar refractivity (Wildman–Crippen MR) is 110 cm³/mol. The Morgan fingerprint density at radius 3 is 2.47 bits per heavy atom. The van der Waals surface area contributed by atoms with Crippen LogP contribution in [0.1, 0.15) is 41.5 Å². The predicted octanol–water partition coefficient (Wildman–Crippen LogP) is 3.41. The van der Waals surface area contributed by atoms with Gasteiger partial charge in [0, 0.05) is 43.9 Å². The van der Waals surface area contributed by atoms with Gasteiger partial charge in [-0.15, -0.1) is 0 Å². The summed E-state index contributed by atoms with van der Waals surface area (Å²) in [6.45, 7) is 4.17. The summed E-state index contributed by atoms with van der Waals surface area (Å²) >= 11 is 5.92. The first-order valence-electron chi connectivity index (χ1n) is 10.3. The first-order valence-corrected chi connectivity index (χ1v) is 10.6. The molecule has 1 aromatic heterocycles. The van der Waals surface area contributed by atoms with Gasteiger partial charge in [0.2, 0.25) is 0 Å². The first-order chi connectivity index (χ1) is 15.0.